The van der Waals surface area contributed by atoms with E-state index in [2.05, 4.69) is 37.9 Å². The molecule has 0 aromatic carbocycles. The molecular formula is C18H36N2. The molecule has 0 aromatic rings. The number of rotatable bonds is 5. The normalized spacial score (nSPS) is 27.6. The van der Waals surface area contributed by atoms with Gasteiger partial charge in [0.1, 0.15) is 0 Å². The number of hydrogen-bond donors (Lipinski definition) is 1. The Kier molecular flexibility index (Phi) is 5.92. The highest BCUT2D eigenvalue weighted by Gasteiger charge is 2.41. The summed E-state index contributed by atoms with van der Waals surface area (Å²) in [4.78, 5) is 2.88. The fraction of sp³-hybridized carbons (Fsp3) is 1.00. The van der Waals surface area contributed by atoms with Gasteiger partial charge in [0.15, 0.2) is 0 Å². The molecule has 2 nitrogen and oxygen atoms in total. The first-order valence-corrected chi connectivity index (χ1v) is 9.00. The predicted octanol–water partition coefficient (Wildman–Crippen LogP) is 4.06. The topological polar surface area (TPSA) is 15.3 Å². The molecule has 1 saturated heterocycles. The van der Waals surface area contributed by atoms with Crippen LogP contribution >= 0.6 is 0 Å². The van der Waals surface area contributed by atoms with Crippen LogP contribution in [0.5, 0.6) is 0 Å². The van der Waals surface area contributed by atoms with Crippen molar-refractivity contribution in [1.29, 1.82) is 0 Å². The minimum Gasteiger partial charge on any atom is -0.311 e. The van der Waals surface area contributed by atoms with Gasteiger partial charge in [0.05, 0.1) is 0 Å². The van der Waals surface area contributed by atoms with Crippen molar-refractivity contribution in [2.75, 3.05) is 19.6 Å². The van der Waals surface area contributed by atoms with Gasteiger partial charge in [-0.25, -0.2) is 0 Å². The summed E-state index contributed by atoms with van der Waals surface area (Å²) in [5.74, 6) is 1.63. The molecule has 1 aliphatic heterocycles. The van der Waals surface area contributed by atoms with E-state index in [1.165, 1.54) is 64.6 Å². The van der Waals surface area contributed by atoms with Crippen molar-refractivity contribution in [3.8, 4) is 0 Å². The van der Waals surface area contributed by atoms with Crippen molar-refractivity contribution in [2.45, 2.75) is 84.2 Å². The molecular weight excluding hydrogens is 244 g/mol. The Morgan fingerprint density at radius 3 is 2.35 bits per heavy atom. The molecule has 0 bridgehead atoms. The van der Waals surface area contributed by atoms with E-state index in [1.807, 2.05) is 0 Å². The fourth-order valence-corrected chi connectivity index (χ4v) is 4.14. The van der Waals surface area contributed by atoms with Crippen LogP contribution in [0.2, 0.25) is 0 Å². The van der Waals surface area contributed by atoms with Gasteiger partial charge in [-0.15, -0.1) is 0 Å². The summed E-state index contributed by atoms with van der Waals surface area (Å²) in [5.41, 5.74) is 0.501. The van der Waals surface area contributed by atoms with Gasteiger partial charge in [0.2, 0.25) is 0 Å². The fourth-order valence-electron chi connectivity index (χ4n) is 4.14. The van der Waals surface area contributed by atoms with Crippen molar-refractivity contribution >= 4 is 0 Å². The largest absolute Gasteiger partial charge is 0.311 e. The van der Waals surface area contributed by atoms with Crippen LogP contribution in [0.25, 0.3) is 0 Å². The molecule has 2 fully saturated rings. The third-order valence-corrected chi connectivity index (χ3v) is 5.35. The van der Waals surface area contributed by atoms with Crippen LogP contribution in [0.3, 0.4) is 0 Å². The van der Waals surface area contributed by atoms with E-state index in [0.717, 1.165) is 17.9 Å². The highest BCUT2D eigenvalue weighted by Crippen LogP contribution is 2.36. The molecule has 118 valence electrons. The highest BCUT2D eigenvalue weighted by molar-refractivity contribution is 5.00. The molecule has 2 rings (SSSR count). The standard InChI is InChI=1S/C18H36N2/c1-15(2)8-11-20-13-17(12-16(3)4)19-14-18(20)9-6-5-7-10-18/h15-17,19H,5-14H2,1-4H3. The molecule has 2 heteroatoms. The number of hydrogen-bond acceptors (Lipinski definition) is 2. The van der Waals surface area contributed by atoms with Crippen LogP contribution in [0, 0.1) is 11.8 Å². The smallest absolute Gasteiger partial charge is 0.0334 e. The molecule has 1 aliphatic carbocycles. The Morgan fingerprint density at radius 1 is 1.05 bits per heavy atom. The quantitative estimate of drug-likeness (QED) is 0.817. The first kappa shape index (κ1) is 16.3. The second-order valence-corrected chi connectivity index (χ2v) is 8.12. The molecule has 20 heavy (non-hydrogen) atoms. The Hall–Kier alpha value is -0.0800. The molecule has 1 heterocycles. The molecule has 1 unspecified atom stereocenters. The summed E-state index contributed by atoms with van der Waals surface area (Å²) >= 11 is 0. The lowest BCUT2D eigenvalue weighted by Crippen LogP contribution is -2.65. The van der Waals surface area contributed by atoms with Crippen molar-refractivity contribution in [1.82, 2.24) is 10.2 Å². The van der Waals surface area contributed by atoms with Crippen molar-refractivity contribution < 1.29 is 0 Å². The van der Waals surface area contributed by atoms with Gasteiger partial charge in [-0.2, -0.15) is 0 Å². The van der Waals surface area contributed by atoms with Gasteiger partial charge >= 0.3 is 0 Å². The zero-order valence-corrected chi connectivity index (χ0v) is 14.3. The van der Waals surface area contributed by atoms with Gasteiger partial charge in [-0.1, -0.05) is 47.0 Å². The zero-order valence-electron chi connectivity index (χ0n) is 14.3. The van der Waals surface area contributed by atoms with Crippen molar-refractivity contribution in [3.05, 3.63) is 0 Å². The first-order chi connectivity index (χ1) is 9.52. The maximum absolute atomic E-state index is 3.89. The monoisotopic (exact) mass is 280 g/mol. The van der Waals surface area contributed by atoms with Crippen LogP contribution in [-0.4, -0.2) is 36.1 Å². The summed E-state index contributed by atoms with van der Waals surface area (Å²) in [6.45, 7) is 13.3. The van der Waals surface area contributed by atoms with Gasteiger partial charge in [-0.05, 0) is 44.1 Å². The lowest BCUT2D eigenvalue weighted by atomic mass is 9.77. The molecule has 0 amide bonds. The summed E-state index contributed by atoms with van der Waals surface area (Å²) in [6.07, 6.45) is 9.86. The third kappa shape index (κ3) is 4.21. The second-order valence-electron chi connectivity index (χ2n) is 8.12. The molecule has 1 saturated carbocycles. The molecule has 0 aromatic heterocycles. The van der Waals surface area contributed by atoms with Gasteiger partial charge in [-0.3, -0.25) is 4.90 Å². The van der Waals surface area contributed by atoms with E-state index in [-0.39, 0.29) is 0 Å². The first-order valence-electron chi connectivity index (χ1n) is 9.00. The minimum atomic E-state index is 0.501. The van der Waals surface area contributed by atoms with Crippen LogP contribution in [0.1, 0.15) is 72.6 Å². The molecule has 1 N–H and O–H groups in total. The van der Waals surface area contributed by atoms with E-state index in [1.54, 1.807) is 0 Å². The van der Waals surface area contributed by atoms with Gasteiger partial charge < -0.3 is 5.32 Å². The van der Waals surface area contributed by atoms with Crippen LogP contribution in [-0.2, 0) is 0 Å². The second kappa shape index (κ2) is 7.26. The van der Waals surface area contributed by atoms with Gasteiger partial charge in [0, 0.05) is 24.7 Å². The lowest BCUT2D eigenvalue weighted by molar-refractivity contribution is 0.00374. The molecule has 1 atom stereocenters. The average molecular weight is 281 g/mol. The number of nitrogens with zero attached hydrogens (tertiary/aromatic N) is 1. The highest BCUT2D eigenvalue weighted by atomic mass is 15.3. The van der Waals surface area contributed by atoms with Crippen LogP contribution in [0.15, 0.2) is 0 Å². The Labute approximate surface area is 126 Å². The molecule has 1 spiro atoms. The predicted molar refractivity (Wildman–Crippen MR) is 88.1 cm³/mol. The maximum Gasteiger partial charge on any atom is 0.0334 e. The van der Waals surface area contributed by atoms with E-state index >= 15 is 0 Å². The Bertz CT molecular complexity index is 279. The minimum absolute atomic E-state index is 0.501. The third-order valence-electron chi connectivity index (χ3n) is 5.35. The summed E-state index contributed by atoms with van der Waals surface area (Å²) in [5, 5.41) is 3.89. The van der Waals surface area contributed by atoms with E-state index in [0.29, 0.717) is 5.54 Å². The van der Waals surface area contributed by atoms with E-state index in [9.17, 15) is 0 Å². The average Bonchev–Trinajstić information content (AvgIpc) is 2.40. The van der Waals surface area contributed by atoms with E-state index < -0.39 is 0 Å². The number of piperazine rings is 1. The van der Waals surface area contributed by atoms with Crippen molar-refractivity contribution in [3.63, 3.8) is 0 Å². The van der Waals surface area contributed by atoms with E-state index in [4.69, 9.17) is 0 Å². The SMILES string of the molecule is CC(C)CCN1CC(CC(C)C)NCC12CCCCC2. The lowest BCUT2D eigenvalue weighted by Gasteiger charge is -2.52. The molecule has 0 radical (unpaired) electrons. The van der Waals surface area contributed by atoms with Crippen LogP contribution in [0.4, 0.5) is 0 Å². The van der Waals surface area contributed by atoms with Crippen LogP contribution < -0.4 is 5.32 Å². The van der Waals surface area contributed by atoms with Crippen molar-refractivity contribution in [2.24, 2.45) is 11.8 Å². The Morgan fingerprint density at radius 2 is 1.75 bits per heavy atom. The summed E-state index contributed by atoms with van der Waals surface area (Å²) in [7, 11) is 0. The molecule has 2 aliphatic rings. The summed E-state index contributed by atoms with van der Waals surface area (Å²) in [6, 6.07) is 0.717. The Balaban J connectivity index is 1.99. The number of nitrogens with one attached hydrogen (secondary N) is 1. The maximum atomic E-state index is 3.89. The summed E-state index contributed by atoms with van der Waals surface area (Å²) < 4.78 is 0. The zero-order chi connectivity index (χ0) is 14.6. The van der Waals surface area contributed by atoms with Gasteiger partial charge in [0.25, 0.3) is 0 Å².